The van der Waals surface area contributed by atoms with Crippen LogP contribution in [0.2, 0.25) is 0 Å². The minimum absolute atomic E-state index is 0.0895. The molecular formula is C17H18O. The molecule has 0 aliphatic rings. The van der Waals surface area contributed by atoms with Crippen molar-refractivity contribution in [3.63, 3.8) is 0 Å². The summed E-state index contributed by atoms with van der Waals surface area (Å²) in [7, 11) is 0. The molecule has 0 aromatic heterocycles. The van der Waals surface area contributed by atoms with E-state index < -0.39 is 0 Å². The van der Waals surface area contributed by atoms with Gasteiger partial charge in [-0.05, 0) is 23.6 Å². The molecule has 2 aromatic carbocycles. The van der Waals surface area contributed by atoms with Crippen molar-refractivity contribution in [1.82, 2.24) is 0 Å². The Morgan fingerprint density at radius 2 is 1.56 bits per heavy atom. The largest absolute Gasteiger partial charge is 0.369 e. The second kappa shape index (κ2) is 6.18. The van der Waals surface area contributed by atoms with Gasteiger partial charge >= 0.3 is 0 Å². The van der Waals surface area contributed by atoms with E-state index in [2.05, 4.69) is 37.8 Å². The lowest BCUT2D eigenvalue weighted by Crippen LogP contribution is -2.02. The molecule has 18 heavy (non-hydrogen) atoms. The van der Waals surface area contributed by atoms with Crippen LogP contribution in [0.5, 0.6) is 0 Å². The molecule has 0 radical (unpaired) electrons. The van der Waals surface area contributed by atoms with Gasteiger partial charge in [0.1, 0.15) is 0 Å². The Morgan fingerprint density at radius 1 is 1.00 bits per heavy atom. The highest BCUT2D eigenvalue weighted by atomic mass is 16.5. The SMILES string of the molecule is C=C(COC(C)c1ccccc1)c1ccccc1. The first-order valence-electron chi connectivity index (χ1n) is 6.17. The third-order valence-corrected chi connectivity index (χ3v) is 2.96. The van der Waals surface area contributed by atoms with Crippen molar-refractivity contribution in [3.8, 4) is 0 Å². The smallest absolute Gasteiger partial charge is 0.0801 e. The fourth-order valence-corrected chi connectivity index (χ4v) is 1.80. The summed E-state index contributed by atoms with van der Waals surface area (Å²) in [6.07, 6.45) is 0.0895. The van der Waals surface area contributed by atoms with Gasteiger partial charge < -0.3 is 4.74 Å². The highest BCUT2D eigenvalue weighted by Gasteiger charge is 2.06. The third kappa shape index (κ3) is 3.31. The van der Waals surface area contributed by atoms with Gasteiger partial charge in [-0.1, -0.05) is 67.2 Å². The van der Waals surface area contributed by atoms with Gasteiger partial charge in [0.2, 0.25) is 0 Å². The zero-order chi connectivity index (χ0) is 12.8. The highest BCUT2D eigenvalue weighted by molar-refractivity contribution is 5.63. The van der Waals surface area contributed by atoms with Gasteiger partial charge in [-0.2, -0.15) is 0 Å². The Balaban J connectivity index is 1.91. The van der Waals surface area contributed by atoms with E-state index in [0.717, 1.165) is 11.1 Å². The predicted octanol–water partition coefficient (Wildman–Crippen LogP) is 4.48. The number of benzene rings is 2. The lowest BCUT2D eigenvalue weighted by atomic mass is 10.1. The van der Waals surface area contributed by atoms with Crippen LogP contribution in [0.1, 0.15) is 24.2 Å². The van der Waals surface area contributed by atoms with Crippen LogP contribution < -0.4 is 0 Å². The first kappa shape index (κ1) is 12.6. The summed E-state index contributed by atoms with van der Waals surface area (Å²) in [5.41, 5.74) is 3.34. The topological polar surface area (TPSA) is 9.23 Å². The Kier molecular flexibility index (Phi) is 4.32. The molecule has 0 aliphatic carbocycles. The molecule has 2 aromatic rings. The molecule has 92 valence electrons. The predicted molar refractivity (Wildman–Crippen MR) is 76.3 cm³/mol. The van der Waals surface area contributed by atoms with E-state index in [1.54, 1.807) is 0 Å². The molecule has 0 bridgehead atoms. The summed E-state index contributed by atoms with van der Waals surface area (Å²) in [4.78, 5) is 0. The third-order valence-electron chi connectivity index (χ3n) is 2.96. The Morgan fingerprint density at radius 3 is 2.17 bits per heavy atom. The van der Waals surface area contributed by atoms with Crippen LogP contribution in [-0.4, -0.2) is 6.61 Å². The molecule has 0 saturated carbocycles. The van der Waals surface area contributed by atoms with Gasteiger partial charge in [0.25, 0.3) is 0 Å². The second-order valence-corrected chi connectivity index (χ2v) is 4.33. The lowest BCUT2D eigenvalue weighted by molar-refractivity contribution is 0.0928. The van der Waals surface area contributed by atoms with E-state index in [-0.39, 0.29) is 6.10 Å². The first-order valence-corrected chi connectivity index (χ1v) is 6.17. The Labute approximate surface area is 109 Å². The fourth-order valence-electron chi connectivity index (χ4n) is 1.80. The Bertz CT molecular complexity index is 488. The average molecular weight is 238 g/mol. The van der Waals surface area contributed by atoms with Crippen molar-refractivity contribution >= 4 is 5.57 Å². The number of rotatable bonds is 5. The van der Waals surface area contributed by atoms with E-state index in [9.17, 15) is 0 Å². The van der Waals surface area contributed by atoms with Gasteiger partial charge in [0.05, 0.1) is 12.7 Å². The molecule has 0 spiro atoms. The molecule has 1 unspecified atom stereocenters. The average Bonchev–Trinajstić information content (AvgIpc) is 2.46. The number of ether oxygens (including phenoxy) is 1. The van der Waals surface area contributed by atoms with Gasteiger partial charge in [-0.3, -0.25) is 0 Å². The standard InChI is InChI=1S/C17H18O/c1-14(16-9-5-3-6-10-16)13-18-15(2)17-11-7-4-8-12-17/h3-12,15H,1,13H2,2H3. The maximum absolute atomic E-state index is 5.84. The summed E-state index contributed by atoms with van der Waals surface area (Å²) in [6.45, 7) is 6.68. The normalized spacial score (nSPS) is 12.1. The monoisotopic (exact) mass is 238 g/mol. The molecule has 1 nitrogen and oxygen atoms in total. The first-order chi connectivity index (χ1) is 8.77. The zero-order valence-electron chi connectivity index (χ0n) is 10.7. The van der Waals surface area contributed by atoms with Gasteiger partial charge in [0, 0.05) is 0 Å². The summed E-state index contributed by atoms with van der Waals surface area (Å²) in [6, 6.07) is 20.4. The molecule has 0 N–H and O–H groups in total. The van der Waals surface area contributed by atoms with E-state index in [4.69, 9.17) is 4.74 Å². The van der Waals surface area contributed by atoms with Crippen molar-refractivity contribution in [2.75, 3.05) is 6.61 Å². The quantitative estimate of drug-likeness (QED) is 0.746. The summed E-state index contributed by atoms with van der Waals surface area (Å²) in [5, 5.41) is 0. The van der Waals surface area contributed by atoms with Crippen LogP contribution in [-0.2, 0) is 4.74 Å². The molecule has 1 heteroatoms. The number of hydrogen-bond donors (Lipinski definition) is 0. The van der Waals surface area contributed by atoms with Crippen molar-refractivity contribution in [2.45, 2.75) is 13.0 Å². The van der Waals surface area contributed by atoms with Gasteiger partial charge in [-0.15, -0.1) is 0 Å². The van der Waals surface area contributed by atoms with Crippen LogP contribution in [0.3, 0.4) is 0 Å². The van der Waals surface area contributed by atoms with Crippen LogP contribution >= 0.6 is 0 Å². The van der Waals surface area contributed by atoms with Crippen molar-refractivity contribution in [1.29, 1.82) is 0 Å². The molecule has 2 rings (SSSR count). The Hall–Kier alpha value is -1.86. The van der Waals surface area contributed by atoms with Gasteiger partial charge in [0.15, 0.2) is 0 Å². The highest BCUT2D eigenvalue weighted by Crippen LogP contribution is 2.19. The van der Waals surface area contributed by atoms with E-state index in [0.29, 0.717) is 6.61 Å². The maximum atomic E-state index is 5.84. The van der Waals surface area contributed by atoms with E-state index in [1.807, 2.05) is 36.4 Å². The molecule has 0 aliphatic heterocycles. The van der Waals surface area contributed by atoms with E-state index in [1.165, 1.54) is 5.56 Å². The summed E-state index contributed by atoms with van der Waals surface area (Å²) >= 11 is 0. The summed E-state index contributed by atoms with van der Waals surface area (Å²) in [5.74, 6) is 0. The minimum atomic E-state index is 0.0895. The van der Waals surface area contributed by atoms with Crippen LogP contribution in [0, 0.1) is 0 Å². The fraction of sp³-hybridized carbons (Fsp3) is 0.176. The number of hydrogen-bond acceptors (Lipinski definition) is 1. The molecule has 0 fully saturated rings. The minimum Gasteiger partial charge on any atom is -0.369 e. The molecule has 1 atom stereocenters. The second-order valence-electron chi connectivity index (χ2n) is 4.33. The zero-order valence-corrected chi connectivity index (χ0v) is 10.7. The van der Waals surface area contributed by atoms with Crippen LogP contribution in [0.15, 0.2) is 67.2 Å². The van der Waals surface area contributed by atoms with Crippen molar-refractivity contribution in [2.24, 2.45) is 0 Å². The van der Waals surface area contributed by atoms with Crippen molar-refractivity contribution in [3.05, 3.63) is 78.4 Å². The molecule has 0 heterocycles. The lowest BCUT2D eigenvalue weighted by Gasteiger charge is -2.14. The van der Waals surface area contributed by atoms with Crippen LogP contribution in [0.4, 0.5) is 0 Å². The van der Waals surface area contributed by atoms with E-state index >= 15 is 0 Å². The molecular weight excluding hydrogens is 220 g/mol. The maximum Gasteiger partial charge on any atom is 0.0801 e. The summed E-state index contributed by atoms with van der Waals surface area (Å²) < 4.78 is 5.84. The molecule has 0 amide bonds. The van der Waals surface area contributed by atoms with Crippen LogP contribution in [0.25, 0.3) is 5.57 Å². The van der Waals surface area contributed by atoms with Crippen molar-refractivity contribution < 1.29 is 4.74 Å². The molecule has 0 saturated heterocycles. The van der Waals surface area contributed by atoms with Gasteiger partial charge in [-0.25, -0.2) is 0 Å².